The van der Waals surface area contributed by atoms with E-state index in [-0.39, 0.29) is 12.1 Å². The third-order valence-corrected chi connectivity index (χ3v) is 5.12. The lowest BCUT2D eigenvalue weighted by Crippen LogP contribution is -2.46. The highest BCUT2D eigenvalue weighted by atomic mass is 16.2. The van der Waals surface area contributed by atoms with E-state index in [0.29, 0.717) is 12.1 Å². The summed E-state index contributed by atoms with van der Waals surface area (Å²) >= 11 is 0. The normalized spacial score (nSPS) is 26.1. The summed E-state index contributed by atoms with van der Waals surface area (Å²) in [6, 6.07) is 5.38. The van der Waals surface area contributed by atoms with E-state index in [9.17, 15) is 4.79 Å². The molecular formula is C17H28N4O. The number of urea groups is 1. The van der Waals surface area contributed by atoms with Crippen molar-refractivity contribution in [3.05, 3.63) is 24.0 Å². The molecule has 2 unspecified atom stereocenters. The van der Waals surface area contributed by atoms with Crippen molar-refractivity contribution in [2.45, 2.75) is 51.2 Å². The van der Waals surface area contributed by atoms with Crippen molar-refractivity contribution in [2.75, 3.05) is 19.6 Å². The van der Waals surface area contributed by atoms with Crippen molar-refractivity contribution in [1.82, 2.24) is 19.7 Å². The van der Waals surface area contributed by atoms with Gasteiger partial charge in [0, 0.05) is 50.7 Å². The monoisotopic (exact) mass is 304 g/mol. The first-order valence-electron chi connectivity index (χ1n) is 8.48. The summed E-state index contributed by atoms with van der Waals surface area (Å²) in [4.78, 5) is 17.1. The minimum absolute atomic E-state index is 0.110. The summed E-state index contributed by atoms with van der Waals surface area (Å²) < 4.78 is 2.13. The molecule has 1 aromatic rings. The lowest BCUT2D eigenvalue weighted by molar-refractivity contribution is 0.186. The Morgan fingerprint density at radius 2 is 2.14 bits per heavy atom. The van der Waals surface area contributed by atoms with Crippen LogP contribution in [-0.4, -0.2) is 52.1 Å². The van der Waals surface area contributed by atoms with Crippen molar-refractivity contribution < 1.29 is 4.79 Å². The van der Waals surface area contributed by atoms with Crippen molar-refractivity contribution in [3.8, 4) is 0 Å². The van der Waals surface area contributed by atoms with Crippen LogP contribution in [0.25, 0.3) is 0 Å². The van der Waals surface area contributed by atoms with E-state index in [0.717, 1.165) is 38.9 Å². The van der Waals surface area contributed by atoms with Crippen LogP contribution < -0.4 is 5.32 Å². The molecule has 1 aromatic heterocycles. The number of hydrogen-bond donors (Lipinski definition) is 1. The molecule has 5 nitrogen and oxygen atoms in total. The van der Waals surface area contributed by atoms with Gasteiger partial charge >= 0.3 is 6.03 Å². The predicted octanol–water partition coefficient (Wildman–Crippen LogP) is 2.35. The van der Waals surface area contributed by atoms with Crippen LogP contribution in [0.1, 0.15) is 44.8 Å². The number of hydrogen-bond acceptors (Lipinski definition) is 2. The van der Waals surface area contributed by atoms with Crippen LogP contribution in [0.4, 0.5) is 4.79 Å². The Balaban J connectivity index is 1.61. The number of amides is 2. The molecule has 2 amide bonds. The molecule has 1 N–H and O–H groups in total. The molecule has 2 saturated heterocycles. The smallest absolute Gasteiger partial charge is 0.318 e. The van der Waals surface area contributed by atoms with Crippen LogP contribution in [-0.2, 0) is 7.05 Å². The number of aryl methyl sites for hydroxylation is 1. The standard InChI is InChI=1S/C17H28N4O/c1-13(2)20-11-8-14(12-20)18-17(22)21-10-5-7-16(21)15-6-4-9-19(15)3/h4,6,9,13-14,16H,5,7-8,10-12H2,1-3H3,(H,18,22). The molecule has 122 valence electrons. The molecule has 0 radical (unpaired) electrons. The zero-order valence-electron chi connectivity index (χ0n) is 14.0. The van der Waals surface area contributed by atoms with E-state index in [1.54, 1.807) is 0 Å². The van der Waals surface area contributed by atoms with E-state index in [1.807, 2.05) is 4.90 Å². The second-order valence-corrected chi connectivity index (χ2v) is 6.92. The fourth-order valence-corrected chi connectivity index (χ4v) is 3.77. The van der Waals surface area contributed by atoms with Crippen molar-refractivity contribution in [3.63, 3.8) is 0 Å². The van der Waals surface area contributed by atoms with E-state index in [1.165, 1.54) is 5.69 Å². The van der Waals surface area contributed by atoms with E-state index < -0.39 is 0 Å². The van der Waals surface area contributed by atoms with Gasteiger partial charge in [-0.3, -0.25) is 4.90 Å². The molecule has 5 heteroatoms. The second kappa shape index (κ2) is 6.32. The fraction of sp³-hybridized carbons (Fsp3) is 0.706. The van der Waals surface area contributed by atoms with E-state index >= 15 is 0 Å². The Bertz CT molecular complexity index is 524. The molecule has 0 aliphatic carbocycles. The molecule has 0 spiro atoms. The van der Waals surface area contributed by atoms with Gasteiger partial charge in [-0.1, -0.05) is 0 Å². The van der Waals surface area contributed by atoms with Crippen molar-refractivity contribution >= 4 is 6.03 Å². The summed E-state index contributed by atoms with van der Waals surface area (Å²) in [5, 5.41) is 3.25. The Hall–Kier alpha value is -1.49. The first-order chi connectivity index (χ1) is 10.6. The van der Waals surface area contributed by atoms with E-state index in [4.69, 9.17) is 0 Å². The zero-order chi connectivity index (χ0) is 15.7. The maximum atomic E-state index is 12.7. The van der Waals surface area contributed by atoms with Gasteiger partial charge in [-0.15, -0.1) is 0 Å². The summed E-state index contributed by atoms with van der Waals surface area (Å²) in [5.74, 6) is 0. The molecule has 2 aliphatic rings. The topological polar surface area (TPSA) is 40.5 Å². The minimum Gasteiger partial charge on any atom is -0.353 e. The van der Waals surface area contributed by atoms with Crippen molar-refractivity contribution in [1.29, 1.82) is 0 Å². The number of nitrogens with one attached hydrogen (secondary N) is 1. The van der Waals surface area contributed by atoms with Gasteiger partial charge in [-0.2, -0.15) is 0 Å². The van der Waals surface area contributed by atoms with Gasteiger partial charge < -0.3 is 14.8 Å². The van der Waals surface area contributed by atoms with Crippen LogP contribution in [0.2, 0.25) is 0 Å². The highest BCUT2D eigenvalue weighted by molar-refractivity contribution is 5.75. The van der Waals surface area contributed by atoms with Gasteiger partial charge in [-0.25, -0.2) is 4.79 Å². The number of carbonyl (C=O) groups is 1. The minimum atomic E-state index is 0.110. The Kier molecular flexibility index (Phi) is 4.43. The Morgan fingerprint density at radius 1 is 1.32 bits per heavy atom. The van der Waals surface area contributed by atoms with Crippen LogP contribution in [0, 0.1) is 0 Å². The molecule has 2 fully saturated rings. The third kappa shape index (κ3) is 3.00. The SMILES string of the molecule is CC(C)N1CCC(NC(=O)N2CCCC2c2cccn2C)C1. The van der Waals surface area contributed by atoms with Crippen LogP contribution in [0.3, 0.4) is 0 Å². The number of aromatic nitrogens is 1. The average molecular weight is 304 g/mol. The molecule has 3 heterocycles. The molecule has 0 bridgehead atoms. The first-order valence-corrected chi connectivity index (χ1v) is 8.48. The zero-order valence-corrected chi connectivity index (χ0v) is 14.0. The van der Waals surface area contributed by atoms with Crippen LogP contribution >= 0.6 is 0 Å². The highest BCUT2D eigenvalue weighted by Gasteiger charge is 2.33. The fourth-order valence-electron chi connectivity index (χ4n) is 3.77. The highest BCUT2D eigenvalue weighted by Crippen LogP contribution is 2.32. The van der Waals surface area contributed by atoms with Gasteiger partial charge in [0.05, 0.1) is 6.04 Å². The summed E-state index contributed by atoms with van der Waals surface area (Å²) in [5.41, 5.74) is 1.24. The largest absolute Gasteiger partial charge is 0.353 e. The lowest BCUT2D eigenvalue weighted by atomic mass is 10.1. The van der Waals surface area contributed by atoms with Gasteiger partial charge in [0.15, 0.2) is 0 Å². The molecular weight excluding hydrogens is 276 g/mol. The lowest BCUT2D eigenvalue weighted by Gasteiger charge is -2.27. The van der Waals surface area contributed by atoms with Gasteiger partial charge in [0.25, 0.3) is 0 Å². The summed E-state index contributed by atoms with van der Waals surface area (Å²) in [6.45, 7) is 7.37. The molecule has 0 aromatic carbocycles. The molecule has 22 heavy (non-hydrogen) atoms. The summed E-state index contributed by atoms with van der Waals surface area (Å²) in [7, 11) is 2.06. The predicted molar refractivity (Wildman–Crippen MR) is 87.7 cm³/mol. The van der Waals surface area contributed by atoms with Crippen LogP contribution in [0.15, 0.2) is 18.3 Å². The van der Waals surface area contributed by atoms with Gasteiger partial charge in [-0.05, 0) is 45.2 Å². The molecule has 0 saturated carbocycles. The average Bonchev–Trinajstić information content (AvgIpc) is 3.17. The second-order valence-electron chi connectivity index (χ2n) is 6.92. The number of rotatable bonds is 3. The van der Waals surface area contributed by atoms with Gasteiger partial charge in [0.2, 0.25) is 0 Å². The number of nitrogens with zero attached hydrogens (tertiary/aromatic N) is 3. The number of carbonyl (C=O) groups excluding carboxylic acids is 1. The Morgan fingerprint density at radius 3 is 2.77 bits per heavy atom. The van der Waals surface area contributed by atoms with Gasteiger partial charge in [0.1, 0.15) is 0 Å². The maximum Gasteiger partial charge on any atom is 0.318 e. The van der Waals surface area contributed by atoms with Crippen LogP contribution in [0.5, 0.6) is 0 Å². The quantitative estimate of drug-likeness (QED) is 0.931. The Labute approximate surface area is 133 Å². The molecule has 2 atom stereocenters. The van der Waals surface area contributed by atoms with E-state index in [2.05, 4.69) is 54.0 Å². The number of likely N-dealkylation sites (tertiary alicyclic amines) is 2. The molecule has 2 aliphatic heterocycles. The molecule has 3 rings (SSSR count). The van der Waals surface area contributed by atoms with Crippen molar-refractivity contribution in [2.24, 2.45) is 7.05 Å². The maximum absolute atomic E-state index is 12.7. The summed E-state index contributed by atoms with van der Waals surface area (Å²) in [6.07, 6.45) is 5.27. The first kappa shape index (κ1) is 15.4. The third-order valence-electron chi connectivity index (χ3n) is 5.12.